The van der Waals surface area contributed by atoms with Crippen molar-refractivity contribution in [3.63, 3.8) is 0 Å². The van der Waals surface area contributed by atoms with E-state index in [4.69, 9.17) is 4.74 Å². The van der Waals surface area contributed by atoms with Gasteiger partial charge in [-0.2, -0.15) is 0 Å². The van der Waals surface area contributed by atoms with Gasteiger partial charge in [-0.15, -0.1) is 5.10 Å². The number of carbonyl (C=O) groups is 1. The molecule has 0 saturated carbocycles. The molecular formula is C19H25N5O2. The molecule has 2 aliphatic heterocycles. The number of benzene rings is 1. The Balaban J connectivity index is 1.45. The molecule has 1 N–H and O–H groups in total. The molecular weight excluding hydrogens is 330 g/mol. The average Bonchev–Trinajstić information content (AvgIpc) is 3.41. The van der Waals surface area contributed by atoms with Crippen LogP contribution >= 0.6 is 0 Å². The Kier molecular flexibility index (Phi) is 4.99. The Labute approximate surface area is 153 Å². The van der Waals surface area contributed by atoms with Crippen molar-refractivity contribution in [2.24, 2.45) is 0 Å². The zero-order valence-corrected chi connectivity index (χ0v) is 15.1. The number of ether oxygens (including phenoxy) is 1. The summed E-state index contributed by atoms with van der Waals surface area (Å²) >= 11 is 0. The fourth-order valence-corrected chi connectivity index (χ4v) is 3.74. The van der Waals surface area contributed by atoms with Gasteiger partial charge < -0.3 is 10.1 Å². The van der Waals surface area contributed by atoms with Gasteiger partial charge in [0.25, 0.3) is 5.91 Å². The minimum absolute atomic E-state index is 0.0850. The average molecular weight is 355 g/mol. The van der Waals surface area contributed by atoms with E-state index >= 15 is 0 Å². The molecule has 138 valence electrons. The van der Waals surface area contributed by atoms with E-state index in [1.165, 1.54) is 6.42 Å². The molecule has 2 aliphatic rings. The Morgan fingerprint density at radius 3 is 3.04 bits per heavy atom. The van der Waals surface area contributed by atoms with Crippen LogP contribution in [0, 0.1) is 0 Å². The molecule has 7 nitrogen and oxygen atoms in total. The number of likely N-dealkylation sites (tertiary alicyclic amines) is 1. The van der Waals surface area contributed by atoms with Crippen molar-refractivity contribution in [3.05, 3.63) is 41.7 Å². The fraction of sp³-hybridized carbons (Fsp3) is 0.526. The molecule has 0 radical (unpaired) electrons. The second-order valence-electron chi connectivity index (χ2n) is 7.12. The second kappa shape index (κ2) is 7.55. The van der Waals surface area contributed by atoms with Crippen LogP contribution in [0.5, 0.6) is 0 Å². The lowest BCUT2D eigenvalue weighted by molar-refractivity contribution is 0.0858. The van der Waals surface area contributed by atoms with Crippen LogP contribution < -0.4 is 5.32 Å². The van der Waals surface area contributed by atoms with Crippen LogP contribution in [0.3, 0.4) is 0 Å². The molecule has 1 amide bonds. The topological polar surface area (TPSA) is 72.3 Å². The molecule has 4 rings (SSSR count). The van der Waals surface area contributed by atoms with Crippen LogP contribution in [-0.2, 0) is 4.74 Å². The van der Waals surface area contributed by atoms with Crippen molar-refractivity contribution < 1.29 is 9.53 Å². The number of nitrogens with zero attached hydrogens (tertiary/aromatic N) is 4. The molecule has 0 aliphatic carbocycles. The standard InChI is InChI=1S/C19H25N5O2/c1-23-9-3-8-18(23)17-13-24(22-21-17)15-6-2-5-14(11-15)19(25)20-12-16-7-4-10-26-16/h2,5-6,11,13,16,18H,3-4,7-10,12H2,1H3,(H,20,25)/t16-,18?/m0/s1. The predicted octanol–water partition coefficient (Wildman–Crippen LogP) is 1.94. The van der Waals surface area contributed by atoms with Gasteiger partial charge in [-0.1, -0.05) is 11.3 Å². The van der Waals surface area contributed by atoms with Gasteiger partial charge in [-0.3, -0.25) is 9.69 Å². The summed E-state index contributed by atoms with van der Waals surface area (Å²) in [6, 6.07) is 7.81. The highest BCUT2D eigenvalue weighted by atomic mass is 16.5. The second-order valence-corrected chi connectivity index (χ2v) is 7.12. The molecule has 26 heavy (non-hydrogen) atoms. The van der Waals surface area contributed by atoms with Gasteiger partial charge in [0.15, 0.2) is 0 Å². The van der Waals surface area contributed by atoms with E-state index < -0.39 is 0 Å². The molecule has 2 aromatic rings. The van der Waals surface area contributed by atoms with Crippen LogP contribution in [-0.4, -0.2) is 58.6 Å². The maximum atomic E-state index is 12.4. The van der Waals surface area contributed by atoms with Crippen LogP contribution in [0.25, 0.3) is 5.69 Å². The van der Waals surface area contributed by atoms with Crippen molar-refractivity contribution in [2.45, 2.75) is 37.8 Å². The molecule has 0 spiro atoms. The van der Waals surface area contributed by atoms with E-state index in [-0.39, 0.29) is 12.0 Å². The highest BCUT2D eigenvalue weighted by Crippen LogP contribution is 2.28. The zero-order valence-electron chi connectivity index (χ0n) is 15.1. The minimum atomic E-state index is -0.0850. The number of hydrogen-bond donors (Lipinski definition) is 1. The van der Waals surface area contributed by atoms with Crippen molar-refractivity contribution in [3.8, 4) is 5.69 Å². The van der Waals surface area contributed by atoms with E-state index in [9.17, 15) is 4.79 Å². The first-order chi connectivity index (χ1) is 12.7. The normalized spacial score (nSPS) is 23.4. The van der Waals surface area contributed by atoms with Gasteiger partial charge in [0.2, 0.25) is 0 Å². The Hall–Kier alpha value is -2.25. The third kappa shape index (κ3) is 3.64. The quantitative estimate of drug-likeness (QED) is 0.887. The van der Waals surface area contributed by atoms with Crippen LogP contribution in [0.15, 0.2) is 30.5 Å². The van der Waals surface area contributed by atoms with E-state index in [0.717, 1.165) is 43.8 Å². The number of hydrogen-bond acceptors (Lipinski definition) is 5. The number of nitrogens with one attached hydrogen (secondary N) is 1. The van der Waals surface area contributed by atoms with Crippen molar-refractivity contribution >= 4 is 5.91 Å². The first-order valence-electron chi connectivity index (χ1n) is 9.33. The molecule has 1 aromatic heterocycles. The summed E-state index contributed by atoms with van der Waals surface area (Å²) in [4.78, 5) is 14.7. The van der Waals surface area contributed by atoms with Crippen LogP contribution in [0.4, 0.5) is 0 Å². The maximum Gasteiger partial charge on any atom is 0.251 e. The third-order valence-electron chi connectivity index (χ3n) is 5.26. The Morgan fingerprint density at radius 1 is 1.35 bits per heavy atom. The van der Waals surface area contributed by atoms with E-state index in [1.54, 1.807) is 4.68 Å². The monoisotopic (exact) mass is 355 g/mol. The third-order valence-corrected chi connectivity index (χ3v) is 5.26. The highest BCUT2D eigenvalue weighted by Gasteiger charge is 2.25. The SMILES string of the molecule is CN1CCCC1c1cn(-c2cccc(C(=O)NC[C@@H]3CCCO3)c2)nn1. The summed E-state index contributed by atoms with van der Waals surface area (Å²) < 4.78 is 7.30. The van der Waals surface area contributed by atoms with E-state index in [0.29, 0.717) is 18.2 Å². The molecule has 1 unspecified atom stereocenters. The first kappa shape index (κ1) is 17.2. The summed E-state index contributed by atoms with van der Waals surface area (Å²) in [6.07, 6.45) is 6.49. The predicted molar refractivity (Wildman–Crippen MR) is 97.3 cm³/mol. The van der Waals surface area contributed by atoms with Gasteiger partial charge in [-0.25, -0.2) is 4.68 Å². The Morgan fingerprint density at radius 2 is 2.27 bits per heavy atom. The van der Waals surface area contributed by atoms with Crippen molar-refractivity contribution in [2.75, 3.05) is 26.7 Å². The highest BCUT2D eigenvalue weighted by molar-refractivity contribution is 5.94. The number of aromatic nitrogens is 3. The summed E-state index contributed by atoms with van der Waals surface area (Å²) in [5, 5.41) is 11.6. The van der Waals surface area contributed by atoms with Gasteiger partial charge in [0.05, 0.1) is 24.0 Å². The van der Waals surface area contributed by atoms with Gasteiger partial charge in [0.1, 0.15) is 5.69 Å². The van der Waals surface area contributed by atoms with Crippen molar-refractivity contribution in [1.29, 1.82) is 0 Å². The van der Waals surface area contributed by atoms with E-state index in [2.05, 4.69) is 27.6 Å². The molecule has 3 heterocycles. The molecule has 7 heteroatoms. The van der Waals surface area contributed by atoms with Gasteiger partial charge in [-0.05, 0) is 57.5 Å². The smallest absolute Gasteiger partial charge is 0.251 e. The maximum absolute atomic E-state index is 12.4. The summed E-state index contributed by atoms with van der Waals surface area (Å²) in [6.45, 7) is 2.45. The summed E-state index contributed by atoms with van der Waals surface area (Å²) in [5.41, 5.74) is 2.45. The largest absolute Gasteiger partial charge is 0.376 e. The Bertz CT molecular complexity index is 769. The zero-order chi connectivity index (χ0) is 17.9. The van der Waals surface area contributed by atoms with Gasteiger partial charge in [0, 0.05) is 18.7 Å². The fourth-order valence-electron chi connectivity index (χ4n) is 3.74. The number of rotatable bonds is 5. The first-order valence-corrected chi connectivity index (χ1v) is 9.33. The minimum Gasteiger partial charge on any atom is -0.376 e. The lowest BCUT2D eigenvalue weighted by Crippen LogP contribution is -2.31. The number of carbonyl (C=O) groups excluding carboxylic acids is 1. The van der Waals surface area contributed by atoms with Crippen LogP contribution in [0.2, 0.25) is 0 Å². The van der Waals surface area contributed by atoms with E-state index in [1.807, 2.05) is 30.5 Å². The summed E-state index contributed by atoms with van der Waals surface area (Å²) in [5.74, 6) is -0.0850. The molecule has 0 bridgehead atoms. The molecule has 2 atom stereocenters. The lowest BCUT2D eigenvalue weighted by atomic mass is 10.1. The molecule has 2 saturated heterocycles. The lowest BCUT2D eigenvalue weighted by Gasteiger charge is -2.15. The van der Waals surface area contributed by atoms with Crippen LogP contribution in [0.1, 0.15) is 47.8 Å². The number of amides is 1. The molecule has 1 aromatic carbocycles. The van der Waals surface area contributed by atoms with Gasteiger partial charge >= 0.3 is 0 Å². The molecule has 2 fully saturated rings. The summed E-state index contributed by atoms with van der Waals surface area (Å²) in [7, 11) is 2.12. The van der Waals surface area contributed by atoms with Crippen molar-refractivity contribution in [1.82, 2.24) is 25.2 Å².